The Morgan fingerprint density at radius 1 is 1.41 bits per heavy atom. The largest absolute Gasteiger partial charge is 0.384 e. The van der Waals surface area contributed by atoms with Crippen molar-refractivity contribution in [3.05, 3.63) is 29.3 Å². The lowest BCUT2D eigenvalue weighted by atomic mass is 10.00. The molecule has 1 aromatic carbocycles. The Bertz CT molecular complexity index is 425. The molecule has 1 heterocycles. The van der Waals surface area contributed by atoms with Crippen LogP contribution in [0.5, 0.6) is 0 Å². The van der Waals surface area contributed by atoms with E-state index in [1.54, 1.807) is 0 Å². The van der Waals surface area contributed by atoms with E-state index in [1.807, 2.05) is 13.0 Å². The van der Waals surface area contributed by atoms with E-state index >= 15 is 0 Å². The standard InChI is InChI=1S/C14H21N3/c1-10-6-7-13(12(9-10)14(15)16)17-8-4-3-5-11(17)2/h6-7,9,11H,3-5,8H2,1-2H3,(H3,15,16). The maximum Gasteiger partial charge on any atom is 0.124 e. The highest BCUT2D eigenvalue weighted by Gasteiger charge is 2.21. The van der Waals surface area contributed by atoms with E-state index in [0.717, 1.165) is 23.4 Å². The molecule has 2 rings (SSSR count). The molecule has 0 radical (unpaired) electrons. The average molecular weight is 231 g/mol. The summed E-state index contributed by atoms with van der Waals surface area (Å²) in [5.74, 6) is 0.168. The summed E-state index contributed by atoms with van der Waals surface area (Å²) in [5, 5.41) is 7.71. The van der Waals surface area contributed by atoms with Crippen LogP contribution in [0, 0.1) is 12.3 Å². The highest BCUT2D eigenvalue weighted by atomic mass is 15.2. The third-order valence-corrected chi connectivity index (χ3v) is 3.55. The molecule has 1 unspecified atom stereocenters. The lowest BCUT2D eigenvalue weighted by molar-refractivity contribution is 0.484. The number of hydrogen-bond donors (Lipinski definition) is 2. The number of piperidine rings is 1. The summed E-state index contributed by atoms with van der Waals surface area (Å²) in [6.45, 7) is 5.36. The van der Waals surface area contributed by atoms with E-state index in [9.17, 15) is 0 Å². The Morgan fingerprint density at radius 2 is 2.18 bits per heavy atom. The number of amidine groups is 1. The maximum atomic E-state index is 7.71. The lowest BCUT2D eigenvalue weighted by Gasteiger charge is -2.36. The van der Waals surface area contributed by atoms with Crippen LogP contribution in [0.3, 0.4) is 0 Å². The molecule has 0 bridgehead atoms. The first-order valence-electron chi connectivity index (χ1n) is 6.31. The van der Waals surface area contributed by atoms with Crippen LogP contribution in [0.2, 0.25) is 0 Å². The van der Waals surface area contributed by atoms with Gasteiger partial charge in [-0.25, -0.2) is 0 Å². The molecular weight excluding hydrogens is 210 g/mol. The summed E-state index contributed by atoms with van der Waals surface area (Å²) in [6, 6.07) is 6.76. The Hall–Kier alpha value is -1.51. The summed E-state index contributed by atoms with van der Waals surface area (Å²) in [7, 11) is 0. The van der Waals surface area contributed by atoms with Crippen molar-refractivity contribution in [3.8, 4) is 0 Å². The minimum atomic E-state index is 0.168. The van der Waals surface area contributed by atoms with Gasteiger partial charge in [-0.3, -0.25) is 5.41 Å². The van der Waals surface area contributed by atoms with Crippen LogP contribution >= 0.6 is 0 Å². The Kier molecular flexibility index (Phi) is 3.36. The average Bonchev–Trinajstić information content (AvgIpc) is 2.30. The maximum absolute atomic E-state index is 7.71. The third kappa shape index (κ3) is 2.43. The van der Waals surface area contributed by atoms with Crippen molar-refractivity contribution in [2.45, 2.75) is 39.2 Å². The van der Waals surface area contributed by atoms with Crippen molar-refractivity contribution in [1.82, 2.24) is 0 Å². The van der Waals surface area contributed by atoms with Crippen molar-refractivity contribution >= 4 is 11.5 Å². The molecule has 0 amide bonds. The van der Waals surface area contributed by atoms with Gasteiger partial charge in [0.25, 0.3) is 0 Å². The zero-order chi connectivity index (χ0) is 12.4. The molecule has 3 heteroatoms. The molecule has 0 aliphatic carbocycles. The molecule has 1 atom stereocenters. The molecule has 1 saturated heterocycles. The number of nitrogens with zero attached hydrogens (tertiary/aromatic N) is 1. The summed E-state index contributed by atoms with van der Waals surface area (Å²) >= 11 is 0. The van der Waals surface area contributed by atoms with Gasteiger partial charge >= 0.3 is 0 Å². The first kappa shape index (κ1) is 12.0. The molecule has 0 saturated carbocycles. The summed E-state index contributed by atoms with van der Waals surface area (Å²) in [5.41, 5.74) is 8.84. The molecule has 3 N–H and O–H groups in total. The van der Waals surface area contributed by atoms with Crippen molar-refractivity contribution < 1.29 is 0 Å². The normalized spacial score (nSPS) is 20.4. The van der Waals surface area contributed by atoms with E-state index in [-0.39, 0.29) is 5.84 Å². The monoisotopic (exact) mass is 231 g/mol. The molecule has 1 aromatic rings. The SMILES string of the molecule is Cc1ccc(N2CCCCC2C)c(C(=N)N)c1. The van der Waals surface area contributed by atoms with Crippen molar-refractivity contribution in [2.75, 3.05) is 11.4 Å². The lowest BCUT2D eigenvalue weighted by Crippen LogP contribution is -2.38. The summed E-state index contributed by atoms with van der Waals surface area (Å²) in [4.78, 5) is 2.39. The summed E-state index contributed by atoms with van der Waals surface area (Å²) < 4.78 is 0. The van der Waals surface area contributed by atoms with Gasteiger partial charge in [0.15, 0.2) is 0 Å². The van der Waals surface area contributed by atoms with Gasteiger partial charge in [0, 0.05) is 23.8 Å². The van der Waals surface area contributed by atoms with Crippen LogP contribution in [0.4, 0.5) is 5.69 Å². The van der Waals surface area contributed by atoms with E-state index in [4.69, 9.17) is 11.1 Å². The van der Waals surface area contributed by atoms with Gasteiger partial charge in [-0.2, -0.15) is 0 Å². The zero-order valence-electron chi connectivity index (χ0n) is 10.7. The van der Waals surface area contributed by atoms with Gasteiger partial charge in [-0.05, 0) is 45.2 Å². The van der Waals surface area contributed by atoms with Gasteiger partial charge < -0.3 is 10.6 Å². The fraction of sp³-hybridized carbons (Fsp3) is 0.500. The van der Waals surface area contributed by atoms with Gasteiger partial charge in [0.05, 0.1) is 0 Å². The number of nitrogen functional groups attached to an aromatic ring is 1. The summed E-state index contributed by atoms with van der Waals surface area (Å²) in [6.07, 6.45) is 3.76. The van der Waals surface area contributed by atoms with E-state index < -0.39 is 0 Å². The van der Waals surface area contributed by atoms with Crippen LogP contribution in [0.1, 0.15) is 37.3 Å². The number of hydrogen-bond acceptors (Lipinski definition) is 2. The van der Waals surface area contributed by atoms with Crippen LogP contribution in [0.15, 0.2) is 18.2 Å². The third-order valence-electron chi connectivity index (χ3n) is 3.55. The molecule has 0 aromatic heterocycles. The zero-order valence-corrected chi connectivity index (χ0v) is 10.7. The first-order chi connectivity index (χ1) is 8.09. The van der Waals surface area contributed by atoms with Crippen LogP contribution < -0.4 is 10.6 Å². The Labute approximate surface area is 103 Å². The fourth-order valence-corrected chi connectivity index (χ4v) is 2.57. The second kappa shape index (κ2) is 4.78. The van der Waals surface area contributed by atoms with Gasteiger partial charge in [-0.15, -0.1) is 0 Å². The molecule has 92 valence electrons. The van der Waals surface area contributed by atoms with E-state index in [2.05, 4.69) is 24.0 Å². The molecular formula is C14H21N3. The first-order valence-corrected chi connectivity index (χ1v) is 6.31. The van der Waals surface area contributed by atoms with Crippen molar-refractivity contribution in [3.63, 3.8) is 0 Å². The van der Waals surface area contributed by atoms with Gasteiger partial charge in [0.1, 0.15) is 5.84 Å². The molecule has 3 nitrogen and oxygen atoms in total. The van der Waals surface area contributed by atoms with Gasteiger partial charge in [-0.1, -0.05) is 11.6 Å². The van der Waals surface area contributed by atoms with E-state index in [0.29, 0.717) is 6.04 Å². The number of nitrogens with one attached hydrogen (secondary N) is 1. The van der Waals surface area contributed by atoms with Gasteiger partial charge in [0.2, 0.25) is 0 Å². The fourth-order valence-electron chi connectivity index (χ4n) is 2.57. The van der Waals surface area contributed by atoms with Crippen molar-refractivity contribution in [1.29, 1.82) is 5.41 Å². The Morgan fingerprint density at radius 3 is 2.82 bits per heavy atom. The predicted octanol–water partition coefficient (Wildman–Crippen LogP) is 2.66. The molecule has 1 fully saturated rings. The number of rotatable bonds is 2. The molecule has 17 heavy (non-hydrogen) atoms. The number of benzene rings is 1. The smallest absolute Gasteiger partial charge is 0.124 e. The highest BCUT2D eigenvalue weighted by Crippen LogP contribution is 2.28. The van der Waals surface area contributed by atoms with Crippen LogP contribution in [0.25, 0.3) is 0 Å². The number of nitrogens with two attached hydrogens (primary N) is 1. The topological polar surface area (TPSA) is 53.1 Å². The molecule has 1 aliphatic rings. The van der Waals surface area contributed by atoms with Crippen LogP contribution in [-0.4, -0.2) is 18.4 Å². The second-order valence-electron chi connectivity index (χ2n) is 4.97. The Balaban J connectivity index is 2.39. The number of anilines is 1. The quantitative estimate of drug-likeness (QED) is 0.607. The predicted molar refractivity (Wildman–Crippen MR) is 72.9 cm³/mol. The van der Waals surface area contributed by atoms with Crippen molar-refractivity contribution in [2.24, 2.45) is 5.73 Å². The van der Waals surface area contributed by atoms with Crippen LogP contribution in [-0.2, 0) is 0 Å². The minimum absolute atomic E-state index is 0.168. The second-order valence-corrected chi connectivity index (χ2v) is 4.97. The molecule has 0 spiro atoms. The minimum Gasteiger partial charge on any atom is -0.384 e. The van der Waals surface area contributed by atoms with E-state index in [1.165, 1.54) is 19.3 Å². The molecule has 1 aliphatic heterocycles. The highest BCUT2D eigenvalue weighted by molar-refractivity contribution is 6.00. The number of aryl methyl sites for hydroxylation is 1.